The minimum absolute atomic E-state index is 0.117. The van der Waals surface area contributed by atoms with Crippen LogP contribution in [0.4, 0.5) is 9.52 Å². The van der Waals surface area contributed by atoms with Crippen molar-refractivity contribution in [2.24, 2.45) is 0 Å². The van der Waals surface area contributed by atoms with E-state index in [0.29, 0.717) is 34.3 Å². The Morgan fingerprint density at radius 3 is 2.49 bits per heavy atom. The summed E-state index contributed by atoms with van der Waals surface area (Å²) in [4.78, 5) is 32.6. The van der Waals surface area contributed by atoms with Crippen LogP contribution < -0.4 is 14.4 Å². The van der Waals surface area contributed by atoms with Crippen molar-refractivity contribution in [3.05, 3.63) is 102 Å². The summed E-state index contributed by atoms with van der Waals surface area (Å²) >= 11 is 1.23. The Labute approximate surface area is 215 Å². The van der Waals surface area contributed by atoms with Crippen LogP contribution >= 0.6 is 11.3 Å². The predicted molar refractivity (Wildman–Crippen MR) is 139 cm³/mol. The van der Waals surface area contributed by atoms with Crippen LogP contribution in [-0.4, -0.2) is 35.5 Å². The highest BCUT2D eigenvalue weighted by atomic mass is 32.1. The average Bonchev–Trinajstić information content (AvgIpc) is 3.45. The summed E-state index contributed by atoms with van der Waals surface area (Å²) in [5.41, 5.74) is 1.29. The topological polar surface area (TPSA) is 89.0 Å². The van der Waals surface area contributed by atoms with Crippen molar-refractivity contribution in [2.45, 2.75) is 6.04 Å². The highest BCUT2D eigenvalue weighted by Crippen LogP contribution is 2.44. The molecule has 0 unspecified atom stereocenters. The third kappa shape index (κ3) is 4.45. The molecule has 3 aromatic carbocycles. The molecule has 4 aromatic rings. The van der Waals surface area contributed by atoms with Gasteiger partial charge in [-0.1, -0.05) is 36.1 Å². The molecule has 186 valence electrons. The van der Waals surface area contributed by atoms with E-state index in [1.54, 1.807) is 55.7 Å². The number of carbonyl (C=O) groups is 2. The molecular weight excluding hydrogens is 495 g/mol. The Hall–Kier alpha value is -4.50. The van der Waals surface area contributed by atoms with Gasteiger partial charge in [-0.2, -0.15) is 0 Å². The van der Waals surface area contributed by atoms with E-state index in [9.17, 15) is 19.1 Å². The van der Waals surface area contributed by atoms with Crippen molar-refractivity contribution in [1.29, 1.82) is 0 Å². The quantitative estimate of drug-likeness (QED) is 0.148. The van der Waals surface area contributed by atoms with Gasteiger partial charge in [-0.25, -0.2) is 9.37 Å². The summed E-state index contributed by atoms with van der Waals surface area (Å²) in [7, 11) is 1.56. The molecule has 0 saturated carbocycles. The summed E-state index contributed by atoms with van der Waals surface area (Å²) in [5, 5.41) is 11.5. The number of nitrogens with zero attached hydrogens (tertiary/aromatic N) is 2. The van der Waals surface area contributed by atoms with E-state index in [1.807, 2.05) is 0 Å². The highest BCUT2D eigenvalue weighted by Gasteiger charge is 2.48. The molecule has 1 fully saturated rings. The van der Waals surface area contributed by atoms with E-state index in [4.69, 9.17) is 9.47 Å². The number of carbonyl (C=O) groups excluding carboxylic acids is 2. The van der Waals surface area contributed by atoms with Gasteiger partial charge in [0.2, 0.25) is 0 Å². The Morgan fingerprint density at radius 2 is 1.81 bits per heavy atom. The molecule has 7 nitrogen and oxygen atoms in total. The number of Topliss-reactive ketones (excluding diaryl/α,β-unsaturated/α-hetero) is 1. The van der Waals surface area contributed by atoms with Gasteiger partial charge in [0, 0.05) is 5.56 Å². The number of benzene rings is 3. The number of ether oxygens (including phenoxy) is 2. The fourth-order valence-electron chi connectivity index (χ4n) is 4.13. The Bertz CT molecular complexity index is 1540. The zero-order chi connectivity index (χ0) is 26.1. The normalized spacial score (nSPS) is 16.8. The van der Waals surface area contributed by atoms with Crippen LogP contribution in [0.3, 0.4) is 0 Å². The molecule has 0 aliphatic carbocycles. The van der Waals surface area contributed by atoms with Crippen LogP contribution in [0.1, 0.15) is 17.2 Å². The maximum Gasteiger partial charge on any atom is 0.301 e. The van der Waals surface area contributed by atoms with Crippen LogP contribution in [-0.2, 0) is 9.59 Å². The van der Waals surface area contributed by atoms with Gasteiger partial charge in [0.25, 0.3) is 5.78 Å². The van der Waals surface area contributed by atoms with Crippen LogP contribution in [0, 0.1) is 5.82 Å². The number of methoxy groups -OCH3 is 1. The zero-order valence-corrected chi connectivity index (χ0v) is 20.5. The van der Waals surface area contributed by atoms with E-state index in [1.165, 1.54) is 40.5 Å². The number of aromatic nitrogens is 1. The molecule has 37 heavy (non-hydrogen) atoms. The molecule has 9 heteroatoms. The molecule has 1 aromatic heterocycles. The van der Waals surface area contributed by atoms with Gasteiger partial charge in [0.1, 0.15) is 29.7 Å². The SMILES string of the molecule is C=CCOc1ccc([C@H]2C(=C(O)c3ccc(F)cc3)C(=O)C(=O)N2c2nc3ccc(OC)cc3s2)cc1. The van der Waals surface area contributed by atoms with Gasteiger partial charge in [0.05, 0.1) is 28.9 Å². The number of aliphatic hydroxyl groups excluding tert-OH is 1. The lowest BCUT2D eigenvalue weighted by Crippen LogP contribution is -2.29. The number of hydrogen-bond donors (Lipinski definition) is 1. The van der Waals surface area contributed by atoms with Crippen molar-refractivity contribution in [3.8, 4) is 11.5 Å². The second-order valence-corrected chi connectivity index (χ2v) is 9.18. The molecule has 0 bridgehead atoms. The van der Waals surface area contributed by atoms with E-state index >= 15 is 0 Å². The molecule has 1 amide bonds. The molecule has 5 rings (SSSR count). The molecule has 1 atom stereocenters. The zero-order valence-electron chi connectivity index (χ0n) is 19.7. The minimum atomic E-state index is -0.971. The molecule has 2 heterocycles. The van der Waals surface area contributed by atoms with Gasteiger partial charge in [-0.15, -0.1) is 0 Å². The fraction of sp³-hybridized carbons (Fsp3) is 0.107. The van der Waals surface area contributed by atoms with Gasteiger partial charge >= 0.3 is 5.91 Å². The van der Waals surface area contributed by atoms with Gasteiger partial charge in [-0.05, 0) is 60.2 Å². The number of hydrogen-bond acceptors (Lipinski definition) is 7. The molecule has 1 aliphatic rings. The van der Waals surface area contributed by atoms with E-state index in [-0.39, 0.29) is 11.1 Å². The summed E-state index contributed by atoms with van der Waals surface area (Å²) in [6.07, 6.45) is 1.62. The first kappa shape index (κ1) is 24.2. The number of amides is 1. The standard InChI is InChI=1S/C28H21FN2O5S/c1-3-14-36-19-10-6-16(7-11-19)24-23(25(32)17-4-8-18(29)9-5-17)26(33)27(34)31(24)28-30-21-13-12-20(35-2)15-22(21)37-28/h3-13,15,24,32H,1,14H2,2H3/t24-/m0/s1. The number of thiazole rings is 1. The molecule has 1 aliphatic heterocycles. The summed E-state index contributed by atoms with van der Waals surface area (Å²) in [6, 6.07) is 16.3. The first-order valence-electron chi connectivity index (χ1n) is 11.3. The largest absolute Gasteiger partial charge is 0.507 e. The van der Waals surface area contributed by atoms with E-state index in [2.05, 4.69) is 11.6 Å². The first-order valence-corrected chi connectivity index (χ1v) is 12.1. The number of aliphatic hydroxyl groups is 1. The van der Waals surface area contributed by atoms with Crippen molar-refractivity contribution < 1.29 is 28.6 Å². The van der Waals surface area contributed by atoms with Crippen LogP contribution in [0.25, 0.3) is 16.0 Å². The molecule has 1 saturated heterocycles. The lowest BCUT2D eigenvalue weighted by atomic mass is 9.95. The summed E-state index contributed by atoms with van der Waals surface area (Å²) in [6.45, 7) is 3.95. The van der Waals surface area contributed by atoms with Gasteiger partial charge < -0.3 is 14.6 Å². The average molecular weight is 517 g/mol. The van der Waals surface area contributed by atoms with Crippen molar-refractivity contribution in [2.75, 3.05) is 18.6 Å². The molecular formula is C28H21FN2O5S. The number of fused-ring (bicyclic) bond motifs is 1. The Morgan fingerprint density at radius 1 is 1.11 bits per heavy atom. The molecule has 1 N–H and O–H groups in total. The van der Waals surface area contributed by atoms with E-state index < -0.39 is 29.3 Å². The number of ketones is 1. The second kappa shape index (κ2) is 9.87. The van der Waals surface area contributed by atoms with Gasteiger partial charge in [0.15, 0.2) is 5.13 Å². The van der Waals surface area contributed by atoms with Gasteiger partial charge in [-0.3, -0.25) is 14.5 Å². The van der Waals surface area contributed by atoms with Crippen molar-refractivity contribution >= 4 is 44.1 Å². The Kier molecular flexibility index (Phi) is 6.45. The van der Waals surface area contributed by atoms with Crippen molar-refractivity contribution in [1.82, 2.24) is 4.98 Å². The maximum atomic E-state index is 13.5. The molecule has 0 spiro atoms. The highest BCUT2D eigenvalue weighted by molar-refractivity contribution is 7.22. The Balaban J connectivity index is 1.67. The monoisotopic (exact) mass is 516 g/mol. The van der Waals surface area contributed by atoms with Crippen LogP contribution in [0.2, 0.25) is 0 Å². The fourth-order valence-corrected chi connectivity index (χ4v) is 5.15. The predicted octanol–water partition coefficient (Wildman–Crippen LogP) is 5.64. The van der Waals surface area contributed by atoms with E-state index in [0.717, 1.165) is 4.70 Å². The smallest absolute Gasteiger partial charge is 0.301 e. The third-order valence-corrected chi connectivity index (χ3v) is 6.93. The third-order valence-electron chi connectivity index (χ3n) is 5.92. The lowest BCUT2D eigenvalue weighted by molar-refractivity contribution is -0.132. The van der Waals surface area contributed by atoms with Crippen LogP contribution in [0.15, 0.2) is 85.0 Å². The minimum Gasteiger partial charge on any atom is -0.507 e. The summed E-state index contributed by atoms with van der Waals surface area (Å²) < 4.78 is 25.1. The maximum absolute atomic E-state index is 13.5. The summed E-state index contributed by atoms with van der Waals surface area (Å²) in [5.74, 6) is -1.38. The second-order valence-electron chi connectivity index (χ2n) is 8.17. The lowest BCUT2D eigenvalue weighted by Gasteiger charge is -2.23. The van der Waals surface area contributed by atoms with Crippen LogP contribution in [0.5, 0.6) is 11.5 Å². The first-order chi connectivity index (χ1) is 17.9. The number of anilines is 1. The number of halogens is 1. The number of rotatable bonds is 7. The van der Waals surface area contributed by atoms with Crippen molar-refractivity contribution in [3.63, 3.8) is 0 Å². The molecule has 0 radical (unpaired) electrons.